The molecule has 15 nitrogen and oxygen atoms in total. The van der Waals surface area contributed by atoms with Crippen LogP contribution in [0.15, 0.2) is 85.2 Å². The highest BCUT2D eigenvalue weighted by Crippen LogP contribution is 2.52. The summed E-state index contributed by atoms with van der Waals surface area (Å²) < 4.78 is 121. The van der Waals surface area contributed by atoms with Crippen LogP contribution in [-0.2, 0) is 52.8 Å². The van der Waals surface area contributed by atoms with Crippen molar-refractivity contribution in [2.45, 2.75) is 88.8 Å². The van der Waals surface area contributed by atoms with Crippen molar-refractivity contribution in [2.75, 3.05) is 43.6 Å². The van der Waals surface area contributed by atoms with Gasteiger partial charge in [0.25, 0.3) is 5.91 Å². The average Bonchev–Trinajstić information content (AvgIpc) is 3.71. The number of aromatic nitrogens is 3. The lowest BCUT2D eigenvalue weighted by atomic mass is 9.90. The number of hydrogen-bond donors (Lipinski definition) is 6. The van der Waals surface area contributed by atoms with Crippen molar-refractivity contribution in [3.8, 4) is 17.2 Å². The number of aryl methyl sites for hydroxylation is 1. The standard InChI is InChI=1S/C50H51F7N6O9/c1-47(2,28-65)44-19-30-18-39(61-46(68)48(10-11-48)33-5-8-42-43(20-33)72-50(56,57)71-42)38(52)21-40(30)63(44)25-35(66)27-69-15-3-13-62-24-32(23-59-62)45(67)60-34-6-9-41(31(17-34)22-58-12-14-64)70-26-29-4-7-37(51)36(16-29)49(53,54)55/h4-9,16-21,23-24,35,58,64-66H,3,10-15,22,25-28H2,1-2H3,(H,60,67)(H,61,68)/t35-/m1/s1. The zero-order chi connectivity index (χ0) is 51.6. The molecular weight excluding hydrogens is 962 g/mol. The number of nitrogens with one attached hydrogen (secondary N) is 3. The molecule has 0 spiro atoms. The van der Waals surface area contributed by atoms with Gasteiger partial charge in [0.05, 0.1) is 66.4 Å². The molecule has 0 saturated heterocycles. The first-order valence-corrected chi connectivity index (χ1v) is 22.9. The van der Waals surface area contributed by atoms with Gasteiger partial charge in [-0.2, -0.15) is 18.3 Å². The molecule has 1 aliphatic carbocycles. The molecule has 6 N–H and O–H groups in total. The molecule has 2 amide bonds. The quantitative estimate of drug-likeness (QED) is 0.0288. The summed E-state index contributed by atoms with van der Waals surface area (Å²) >= 11 is 0. The lowest BCUT2D eigenvalue weighted by molar-refractivity contribution is -0.286. The van der Waals surface area contributed by atoms with Crippen LogP contribution < -0.4 is 30.2 Å². The van der Waals surface area contributed by atoms with E-state index in [1.165, 1.54) is 54.9 Å². The number of ether oxygens (including phenoxy) is 4. The molecule has 1 aliphatic heterocycles. The summed E-state index contributed by atoms with van der Waals surface area (Å²) in [6.45, 7) is 3.65. The third kappa shape index (κ3) is 11.6. The van der Waals surface area contributed by atoms with Crippen LogP contribution in [0.2, 0.25) is 0 Å². The molecule has 72 heavy (non-hydrogen) atoms. The normalized spacial score (nSPS) is 15.2. The molecule has 22 heteroatoms. The number of halogens is 7. The van der Waals surface area contributed by atoms with E-state index in [1.54, 1.807) is 41.3 Å². The van der Waals surface area contributed by atoms with Crippen molar-refractivity contribution in [1.29, 1.82) is 0 Å². The molecular formula is C50H51F7N6O9. The zero-order valence-electron chi connectivity index (χ0n) is 38.9. The van der Waals surface area contributed by atoms with E-state index in [2.05, 4.69) is 30.5 Å². The number of alkyl halides is 5. The van der Waals surface area contributed by atoms with Gasteiger partial charge in [0.1, 0.15) is 24.0 Å². The van der Waals surface area contributed by atoms with Crippen LogP contribution in [0.5, 0.6) is 17.2 Å². The van der Waals surface area contributed by atoms with Gasteiger partial charge in [0.2, 0.25) is 5.91 Å². The number of rotatable bonds is 22. The molecule has 8 rings (SSSR count). The Morgan fingerprint density at radius 3 is 2.44 bits per heavy atom. The van der Waals surface area contributed by atoms with E-state index in [1.807, 2.05) is 0 Å². The highest BCUT2D eigenvalue weighted by Gasteiger charge is 2.53. The van der Waals surface area contributed by atoms with E-state index in [4.69, 9.17) is 9.47 Å². The van der Waals surface area contributed by atoms with Gasteiger partial charge in [-0.15, -0.1) is 8.78 Å². The van der Waals surface area contributed by atoms with Crippen molar-refractivity contribution < 1.29 is 74.6 Å². The Kier molecular flexibility index (Phi) is 14.9. The summed E-state index contributed by atoms with van der Waals surface area (Å²) in [6.07, 6.45) is -5.62. The van der Waals surface area contributed by atoms with E-state index in [-0.39, 0.29) is 86.7 Å². The number of carbonyl (C=O) groups is 2. The molecule has 0 bridgehead atoms. The van der Waals surface area contributed by atoms with E-state index >= 15 is 4.39 Å². The molecule has 6 aromatic rings. The maximum atomic E-state index is 15.9. The van der Waals surface area contributed by atoms with E-state index in [9.17, 15) is 51.3 Å². The molecule has 4 aromatic carbocycles. The Bertz CT molecular complexity index is 2960. The van der Waals surface area contributed by atoms with Crippen molar-refractivity contribution in [2.24, 2.45) is 0 Å². The van der Waals surface area contributed by atoms with Crippen molar-refractivity contribution >= 4 is 34.1 Å². The van der Waals surface area contributed by atoms with Gasteiger partial charge in [-0.3, -0.25) is 14.3 Å². The Morgan fingerprint density at radius 1 is 0.931 bits per heavy atom. The monoisotopic (exact) mass is 1010 g/mol. The van der Waals surface area contributed by atoms with Crippen LogP contribution in [0.3, 0.4) is 0 Å². The van der Waals surface area contributed by atoms with Gasteiger partial charge in [0.15, 0.2) is 11.5 Å². The maximum Gasteiger partial charge on any atom is 0.586 e. The first-order chi connectivity index (χ1) is 34.2. The molecule has 2 aliphatic rings. The summed E-state index contributed by atoms with van der Waals surface area (Å²) in [6, 6.07) is 15.9. The summed E-state index contributed by atoms with van der Waals surface area (Å²) in [7, 11) is 0. The number of hydrogen-bond acceptors (Lipinski definition) is 11. The first kappa shape index (κ1) is 51.6. The predicted octanol–water partition coefficient (Wildman–Crippen LogP) is 7.78. The van der Waals surface area contributed by atoms with Crippen molar-refractivity contribution in [3.63, 3.8) is 0 Å². The van der Waals surface area contributed by atoms with Crippen LogP contribution in [-0.4, -0.2) is 86.9 Å². The van der Waals surface area contributed by atoms with Gasteiger partial charge in [0, 0.05) is 66.3 Å². The zero-order valence-corrected chi connectivity index (χ0v) is 38.9. The molecule has 1 saturated carbocycles. The fourth-order valence-corrected chi connectivity index (χ4v) is 8.38. The molecule has 1 fully saturated rings. The number of benzene rings is 4. The summed E-state index contributed by atoms with van der Waals surface area (Å²) in [5, 5.41) is 43.9. The van der Waals surface area contributed by atoms with E-state index in [0.29, 0.717) is 65.3 Å². The fourth-order valence-electron chi connectivity index (χ4n) is 8.38. The minimum Gasteiger partial charge on any atom is -0.489 e. The summed E-state index contributed by atoms with van der Waals surface area (Å²) in [5.74, 6) is -3.25. The van der Waals surface area contributed by atoms with E-state index < -0.39 is 58.4 Å². The first-order valence-electron chi connectivity index (χ1n) is 22.9. The molecule has 0 unspecified atom stereocenters. The van der Waals surface area contributed by atoms with Crippen LogP contribution in [0.25, 0.3) is 10.9 Å². The number of anilines is 2. The summed E-state index contributed by atoms with van der Waals surface area (Å²) in [4.78, 5) is 26.9. The number of aliphatic hydroxyl groups excluding tert-OH is 3. The Balaban J connectivity index is 0.839. The lowest BCUT2D eigenvalue weighted by Crippen LogP contribution is -2.30. The van der Waals surface area contributed by atoms with Crippen LogP contribution in [0, 0.1) is 11.6 Å². The molecule has 0 radical (unpaired) electrons. The molecule has 2 aromatic heterocycles. The average molecular weight is 1010 g/mol. The minimum absolute atomic E-state index is 0.0319. The number of nitrogens with zero attached hydrogens (tertiary/aromatic N) is 3. The van der Waals surface area contributed by atoms with Gasteiger partial charge >= 0.3 is 12.5 Å². The maximum absolute atomic E-state index is 15.9. The third-order valence-corrected chi connectivity index (χ3v) is 12.4. The SMILES string of the molecule is CC(C)(CO)c1cc2cc(NC(=O)C3(c4ccc5c(c4)OC(F)(F)O5)CC3)c(F)cc2n1C[C@@H](O)COCCCn1cc(C(=O)Nc2ccc(OCc3ccc(F)c(C(F)(F)F)c3)c(CNCCO)c2)cn1. The topological polar surface area (TPSA) is 191 Å². The fraction of sp³-hybridized carbons (Fsp3) is 0.380. The van der Waals surface area contributed by atoms with Gasteiger partial charge in [-0.25, -0.2) is 8.78 Å². The highest BCUT2D eigenvalue weighted by atomic mass is 19.4. The van der Waals surface area contributed by atoms with E-state index in [0.717, 1.165) is 6.07 Å². The van der Waals surface area contributed by atoms with Crippen LogP contribution >= 0.6 is 0 Å². The number of fused-ring (bicyclic) bond motifs is 2. The second kappa shape index (κ2) is 20.8. The second-order valence-corrected chi connectivity index (χ2v) is 18.3. The molecule has 1 atom stereocenters. The van der Waals surface area contributed by atoms with Gasteiger partial charge < -0.3 is 54.8 Å². The molecule has 3 heterocycles. The van der Waals surface area contributed by atoms with Gasteiger partial charge in [-0.1, -0.05) is 26.0 Å². The predicted molar refractivity (Wildman–Crippen MR) is 247 cm³/mol. The van der Waals surface area contributed by atoms with Crippen molar-refractivity contribution in [3.05, 3.63) is 130 Å². The Hall–Kier alpha value is -6.72. The number of amides is 2. The van der Waals surface area contributed by atoms with Crippen LogP contribution in [0.1, 0.15) is 71.4 Å². The summed E-state index contributed by atoms with van der Waals surface area (Å²) in [5.41, 5.74) is -0.823. The highest BCUT2D eigenvalue weighted by molar-refractivity contribution is 6.04. The number of carbonyl (C=O) groups excluding carboxylic acids is 2. The Morgan fingerprint density at radius 2 is 1.71 bits per heavy atom. The van der Waals surface area contributed by atoms with Crippen LogP contribution in [0.4, 0.5) is 42.1 Å². The number of aliphatic hydroxyl groups is 3. The molecule has 384 valence electrons. The van der Waals surface area contributed by atoms with Gasteiger partial charge in [-0.05, 0) is 85.0 Å². The third-order valence-electron chi connectivity index (χ3n) is 12.4. The Labute approximate surface area is 407 Å². The minimum atomic E-state index is -4.88. The smallest absolute Gasteiger partial charge is 0.489 e. The largest absolute Gasteiger partial charge is 0.586 e. The second-order valence-electron chi connectivity index (χ2n) is 18.3. The van der Waals surface area contributed by atoms with Crippen molar-refractivity contribution in [1.82, 2.24) is 19.7 Å². The lowest BCUT2D eigenvalue weighted by Gasteiger charge is -2.26.